The van der Waals surface area contributed by atoms with Crippen LogP contribution in [0, 0.1) is 17.3 Å². The Labute approximate surface area is 387 Å². The zero-order valence-electron chi connectivity index (χ0n) is 39.4. The molecule has 2 aromatic heterocycles. The lowest BCUT2D eigenvalue weighted by atomic mass is 9.84. The van der Waals surface area contributed by atoms with Crippen LogP contribution in [0.3, 0.4) is 0 Å². The molecule has 7 rings (SSSR count). The number of aromatic hydroxyl groups is 1. The van der Waals surface area contributed by atoms with Crippen LogP contribution in [0.5, 0.6) is 5.75 Å². The Kier molecular flexibility index (Phi) is 14.7. The van der Waals surface area contributed by atoms with Gasteiger partial charge in [0, 0.05) is 81.0 Å². The maximum Gasteiger partial charge on any atom is 0.324 e. The van der Waals surface area contributed by atoms with E-state index in [0.29, 0.717) is 57.4 Å². The molecule has 4 atom stereocenters. The molecule has 2 saturated heterocycles. The van der Waals surface area contributed by atoms with Gasteiger partial charge in [0.1, 0.15) is 23.9 Å². The average Bonchev–Trinajstić information content (AvgIpc) is 3.91. The number of phenolic OH excluding ortho intramolecular Hbond substituents is 1. The van der Waals surface area contributed by atoms with Crippen LogP contribution in [-0.2, 0) is 59.3 Å². The number of hydrazine groups is 1. The molecule has 4 aromatic rings. The molecule has 0 radical (unpaired) electrons. The third kappa shape index (κ3) is 10.2. The number of amides is 4. The Balaban J connectivity index is 1.30. The predicted molar refractivity (Wildman–Crippen MR) is 252 cm³/mol. The molecule has 15 heteroatoms. The van der Waals surface area contributed by atoms with Crippen molar-refractivity contribution in [3.63, 3.8) is 0 Å². The van der Waals surface area contributed by atoms with Crippen LogP contribution in [0.15, 0.2) is 67.5 Å². The van der Waals surface area contributed by atoms with Gasteiger partial charge in [0.05, 0.1) is 24.8 Å². The summed E-state index contributed by atoms with van der Waals surface area (Å²) in [7, 11) is 3.27. The lowest BCUT2D eigenvalue weighted by Gasteiger charge is -2.37. The molecule has 66 heavy (non-hydrogen) atoms. The molecule has 2 fully saturated rings. The molecule has 352 valence electrons. The van der Waals surface area contributed by atoms with Crippen LogP contribution >= 0.6 is 0 Å². The second kappa shape index (κ2) is 20.2. The number of rotatable bonds is 11. The Morgan fingerprint density at radius 2 is 1.89 bits per heavy atom. The number of fused-ring (bicyclic) bond motifs is 6. The van der Waals surface area contributed by atoms with E-state index in [1.165, 1.54) is 16.0 Å². The highest BCUT2D eigenvalue weighted by Crippen LogP contribution is 2.41. The number of nitrogens with zero attached hydrogens (tertiary/aromatic N) is 5. The van der Waals surface area contributed by atoms with Crippen LogP contribution in [0.1, 0.15) is 70.6 Å². The maximum atomic E-state index is 14.7. The SMILES string of the molecule is C=CC(=O)N1CC[C@H](C(=O)N(C)C(C(=O)N[C@H]2Cc3cc(O)cc(c3)-c3ccc4c(c3)c(c(-c3ccncc3CCOC)n4CC)CC(C)(C)COC(=O)[C@@H]3CCCN(N3)C2=O)C(C)C)C1. The summed E-state index contributed by atoms with van der Waals surface area (Å²) in [5.41, 5.74) is 10.0. The molecule has 0 aliphatic carbocycles. The normalized spacial score (nSPS) is 20.5. The van der Waals surface area contributed by atoms with Gasteiger partial charge in [-0.1, -0.05) is 46.4 Å². The van der Waals surface area contributed by atoms with Crippen molar-refractivity contribution >= 4 is 40.5 Å². The molecule has 5 heterocycles. The zero-order chi connectivity index (χ0) is 47.4. The van der Waals surface area contributed by atoms with Gasteiger partial charge in [-0.3, -0.25) is 34.0 Å². The number of likely N-dealkylation sites (N-methyl/N-ethyl adjacent to an activating group) is 1. The summed E-state index contributed by atoms with van der Waals surface area (Å²) < 4.78 is 13.9. The van der Waals surface area contributed by atoms with Crippen molar-refractivity contribution in [1.82, 2.24) is 35.1 Å². The number of nitrogens with one attached hydrogen (secondary N) is 2. The summed E-state index contributed by atoms with van der Waals surface area (Å²) >= 11 is 0. The number of cyclic esters (lactones) is 1. The number of benzene rings is 2. The molecule has 2 aromatic carbocycles. The number of hydrogen-bond acceptors (Lipinski definition) is 10. The van der Waals surface area contributed by atoms with Crippen molar-refractivity contribution in [2.75, 3.05) is 47.0 Å². The number of methoxy groups -OCH3 is 1. The van der Waals surface area contributed by atoms with E-state index in [2.05, 4.69) is 65.8 Å². The third-order valence-electron chi connectivity index (χ3n) is 13.3. The Bertz CT molecular complexity index is 2500. The number of ether oxygens (including phenoxy) is 2. The van der Waals surface area contributed by atoms with E-state index in [9.17, 15) is 29.1 Å². The van der Waals surface area contributed by atoms with E-state index in [4.69, 9.17) is 9.47 Å². The second-order valence-electron chi connectivity index (χ2n) is 19.1. The van der Waals surface area contributed by atoms with Crippen LogP contribution in [0.2, 0.25) is 0 Å². The summed E-state index contributed by atoms with van der Waals surface area (Å²) in [6, 6.07) is 10.6. The monoisotopic (exact) mass is 903 g/mol. The molecular formula is C51H65N7O8. The van der Waals surface area contributed by atoms with Crippen molar-refractivity contribution < 1.29 is 38.6 Å². The fourth-order valence-electron chi connectivity index (χ4n) is 9.98. The number of phenols is 1. The number of carbonyl (C=O) groups is 5. The van der Waals surface area contributed by atoms with E-state index >= 15 is 0 Å². The van der Waals surface area contributed by atoms with E-state index in [1.807, 2.05) is 38.4 Å². The highest BCUT2D eigenvalue weighted by atomic mass is 16.5. The van der Waals surface area contributed by atoms with Crippen molar-refractivity contribution in [2.24, 2.45) is 17.3 Å². The van der Waals surface area contributed by atoms with Crippen molar-refractivity contribution in [3.8, 4) is 28.1 Å². The number of esters is 1. The van der Waals surface area contributed by atoms with Crippen LogP contribution in [0.25, 0.3) is 33.3 Å². The second-order valence-corrected chi connectivity index (χ2v) is 19.1. The third-order valence-corrected chi connectivity index (χ3v) is 13.3. The van der Waals surface area contributed by atoms with E-state index in [-0.39, 0.29) is 49.6 Å². The van der Waals surface area contributed by atoms with Crippen LogP contribution in [0.4, 0.5) is 0 Å². The number of carbonyl (C=O) groups excluding carboxylic acids is 5. The van der Waals surface area contributed by atoms with Crippen molar-refractivity contribution in [3.05, 3.63) is 84.2 Å². The largest absolute Gasteiger partial charge is 0.508 e. The number of hydrogen-bond donors (Lipinski definition) is 3. The fraction of sp³-hybridized carbons (Fsp3) is 0.490. The molecule has 3 aliphatic heterocycles. The summed E-state index contributed by atoms with van der Waals surface area (Å²) in [4.78, 5) is 76.8. The van der Waals surface area contributed by atoms with Crippen LogP contribution in [-0.4, -0.2) is 124 Å². The molecule has 4 amide bonds. The molecule has 1 unspecified atom stereocenters. The average molecular weight is 904 g/mol. The zero-order valence-corrected chi connectivity index (χ0v) is 39.4. The first-order valence-corrected chi connectivity index (χ1v) is 23.2. The van der Waals surface area contributed by atoms with Gasteiger partial charge in [0.25, 0.3) is 5.91 Å². The number of aryl methyl sites for hydroxylation is 1. The van der Waals surface area contributed by atoms with E-state index in [1.54, 1.807) is 31.2 Å². The highest BCUT2D eigenvalue weighted by Gasteiger charge is 2.40. The molecule has 3 aliphatic rings. The number of pyridine rings is 1. The minimum atomic E-state index is -1.16. The molecule has 0 saturated carbocycles. The maximum absolute atomic E-state index is 14.7. The predicted octanol–water partition coefficient (Wildman–Crippen LogP) is 5.45. The summed E-state index contributed by atoms with van der Waals surface area (Å²) in [6.07, 6.45) is 7.57. The summed E-state index contributed by atoms with van der Waals surface area (Å²) in [5, 5.41) is 16.7. The van der Waals surface area contributed by atoms with Gasteiger partial charge >= 0.3 is 5.97 Å². The summed E-state index contributed by atoms with van der Waals surface area (Å²) in [5.74, 6) is -2.84. The van der Waals surface area contributed by atoms with Gasteiger partial charge in [-0.2, -0.15) is 0 Å². The van der Waals surface area contributed by atoms with Gasteiger partial charge in [-0.25, -0.2) is 5.43 Å². The van der Waals surface area contributed by atoms with E-state index in [0.717, 1.165) is 44.4 Å². The van der Waals surface area contributed by atoms with Gasteiger partial charge in [-0.15, -0.1) is 0 Å². The first kappa shape index (κ1) is 47.9. The highest BCUT2D eigenvalue weighted by molar-refractivity contribution is 5.96. The Morgan fingerprint density at radius 1 is 1.11 bits per heavy atom. The molecular weight excluding hydrogens is 839 g/mol. The Morgan fingerprint density at radius 3 is 2.62 bits per heavy atom. The first-order valence-electron chi connectivity index (χ1n) is 23.2. The topological polar surface area (TPSA) is 176 Å². The lowest BCUT2D eigenvalue weighted by Crippen LogP contribution is -2.62. The minimum Gasteiger partial charge on any atom is -0.508 e. The minimum absolute atomic E-state index is 0.00662. The Hall–Kier alpha value is -6.06. The molecule has 0 spiro atoms. The molecule has 15 nitrogen and oxygen atoms in total. The molecule has 6 bridgehead atoms. The summed E-state index contributed by atoms with van der Waals surface area (Å²) in [6.45, 7) is 15.8. The van der Waals surface area contributed by atoms with Crippen molar-refractivity contribution in [1.29, 1.82) is 0 Å². The standard InChI is InChI=1S/C51H65N7O8/c1-9-44(60)56-20-16-35(29-56)48(62)55(7)45(31(3)4)47(61)53-42-24-32-22-36(25-37(59)23-32)33-13-14-43-39(26-33)40(46(57(43)10-2)38-15-18-52-28-34(38)17-21-65-8)27-51(5,6)30-66-50(64)41-12-11-19-58(54-41)49(42)63/h9,13-15,18,22-23,25-26,28,31,35,41-42,45,54,59H,1,10-12,16-17,19-21,24,27,29-30H2,2-8H3,(H,53,61)/t35-,41-,42-,45?/m0/s1. The van der Waals surface area contributed by atoms with Gasteiger partial charge in [-0.05, 0) is 109 Å². The quantitative estimate of drug-likeness (QED) is 0.130. The van der Waals surface area contributed by atoms with E-state index < -0.39 is 47.2 Å². The first-order chi connectivity index (χ1) is 31.5. The van der Waals surface area contributed by atoms with Crippen molar-refractivity contribution in [2.45, 2.75) is 97.8 Å². The number of likely N-dealkylation sites (tertiary alicyclic amines) is 1. The smallest absolute Gasteiger partial charge is 0.324 e. The van der Waals surface area contributed by atoms with Gasteiger partial charge in [0.2, 0.25) is 17.7 Å². The van der Waals surface area contributed by atoms with Gasteiger partial charge < -0.3 is 34.3 Å². The molecule has 3 N–H and O–H groups in total. The number of aromatic nitrogens is 2. The lowest BCUT2D eigenvalue weighted by molar-refractivity contribution is -0.155. The van der Waals surface area contributed by atoms with Crippen LogP contribution < -0.4 is 10.7 Å². The van der Waals surface area contributed by atoms with Gasteiger partial charge in [0.15, 0.2) is 0 Å². The fourth-order valence-corrected chi connectivity index (χ4v) is 9.98.